The summed E-state index contributed by atoms with van der Waals surface area (Å²) < 4.78 is 2.23. The Morgan fingerprint density at radius 1 is 1.12 bits per heavy atom. The molecule has 0 aliphatic rings. The van der Waals surface area contributed by atoms with Gasteiger partial charge in [-0.3, -0.25) is 4.79 Å². The minimum absolute atomic E-state index is 0.157. The third kappa shape index (κ3) is 1.45. The van der Waals surface area contributed by atoms with Gasteiger partial charge in [0, 0.05) is 22.7 Å². The number of nitrogens with zero attached hydrogens (tertiary/aromatic N) is 1. The molecule has 0 N–H and O–H groups in total. The first-order chi connectivity index (χ1) is 7.54. The van der Waals surface area contributed by atoms with Crippen molar-refractivity contribution in [3.8, 4) is 0 Å². The smallest absolute Gasteiger partial charge is 0.192 e. The zero-order chi connectivity index (χ0) is 11.9. The molecule has 1 aromatic heterocycles. The van der Waals surface area contributed by atoms with E-state index in [1.807, 2.05) is 38.1 Å². The monoisotopic (exact) mass is 215 g/mol. The normalized spacial score (nSPS) is 11.3. The predicted molar refractivity (Wildman–Crippen MR) is 68.1 cm³/mol. The van der Waals surface area contributed by atoms with Crippen LogP contribution in [0.25, 0.3) is 10.9 Å². The van der Waals surface area contributed by atoms with Crippen molar-refractivity contribution >= 4 is 10.9 Å². The van der Waals surface area contributed by atoms with Crippen LogP contribution < -0.4 is 5.43 Å². The molecule has 84 valence electrons. The summed E-state index contributed by atoms with van der Waals surface area (Å²) in [4.78, 5) is 12.1. The molecule has 0 radical (unpaired) electrons. The highest BCUT2D eigenvalue weighted by Gasteiger charge is 2.11. The number of fused-ring (bicyclic) bond motifs is 1. The molecule has 16 heavy (non-hydrogen) atoms. The van der Waals surface area contributed by atoms with Gasteiger partial charge in [-0.05, 0) is 39.8 Å². The third-order valence-electron chi connectivity index (χ3n) is 3.17. The molecular weight excluding hydrogens is 198 g/mol. The summed E-state index contributed by atoms with van der Waals surface area (Å²) in [5, 5.41) is 0.819. The fraction of sp³-hybridized carbons (Fsp3) is 0.357. The Balaban J connectivity index is 3.04. The maximum Gasteiger partial charge on any atom is 0.192 e. The summed E-state index contributed by atoms with van der Waals surface area (Å²) in [6.45, 7) is 8.21. The molecule has 2 rings (SSSR count). The van der Waals surface area contributed by atoms with Crippen LogP contribution in [0.3, 0.4) is 0 Å². The zero-order valence-electron chi connectivity index (χ0n) is 10.2. The highest BCUT2D eigenvalue weighted by molar-refractivity contribution is 5.80. The van der Waals surface area contributed by atoms with Gasteiger partial charge in [-0.25, -0.2) is 0 Å². The van der Waals surface area contributed by atoms with Crippen molar-refractivity contribution in [3.63, 3.8) is 0 Å². The van der Waals surface area contributed by atoms with Gasteiger partial charge in [0.2, 0.25) is 0 Å². The lowest BCUT2D eigenvalue weighted by molar-refractivity contribution is 0.599. The van der Waals surface area contributed by atoms with Crippen molar-refractivity contribution in [2.45, 2.75) is 33.7 Å². The van der Waals surface area contributed by atoms with E-state index in [-0.39, 0.29) is 5.43 Å². The average Bonchev–Trinajstić information content (AvgIpc) is 2.26. The van der Waals surface area contributed by atoms with E-state index in [0.717, 1.165) is 22.2 Å². The molecule has 2 aromatic rings. The Morgan fingerprint density at radius 2 is 1.75 bits per heavy atom. The second-order valence-electron chi connectivity index (χ2n) is 4.52. The van der Waals surface area contributed by atoms with Crippen molar-refractivity contribution in [3.05, 3.63) is 45.7 Å². The van der Waals surface area contributed by atoms with Crippen LogP contribution in [0, 0.1) is 13.8 Å². The minimum Gasteiger partial charge on any atom is -0.342 e. The number of benzene rings is 1. The molecule has 0 bridgehead atoms. The Morgan fingerprint density at radius 3 is 2.38 bits per heavy atom. The van der Waals surface area contributed by atoms with Crippen LogP contribution in [0.5, 0.6) is 0 Å². The van der Waals surface area contributed by atoms with Crippen LogP contribution >= 0.6 is 0 Å². The molecule has 0 atom stereocenters. The lowest BCUT2D eigenvalue weighted by Gasteiger charge is -2.20. The molecule has 0 saturated carbocycles. The summed E-state index contributed by atoms with van der Waals surface area (Å²) in [5.74, 6) is 0. The molecular formula is C14H17NO. The maximum absolute atomic E-state index is 12.1. The standard InChI is InChI=1S/C14H17NO/c1-9(2)15-11(4)10(3)14(16)12-7-5-6-8-13(12)15/h5-9H,1-4H3. The Bertz CT molecular complexity index is 593. The quantitative estimate of drug-likeness (QED) is 0.716. The Labute approximate surface area is 95.5 Å². The van der Waals surface area contributed by atoms with Gasteiger partial charge in [0.15, 0.2) is 5.43 Å². The number of hydrogen-bond acceptors (Lipinski definition) is 1. The van der Waals surface area contributed by atoms with E-state index in [1.54, 1.807) is 0 Å². The maximum atomic E-state index is 12.1. The Kier molecular flexibility index (Phi) is 2.58. The van der Waals surface area contributed by atoms with Gasteiger partial charge < -0.3 is 4.57 Å². The number of pyridine rings is 1. The molecule has 0 unspecified atom stereocenters. The Hall–Kier alpha value is -1.57. The van der Waals surface area contributed by atoms with E-state index in [1.165, 1.54) is 0 Å². The van der Waals surface area contributed by atoms with E-state index >= 15 is 0 Å². The average molecular weight is 215 g/mol. The van der Waals surface area contributed by atoms with Crippen molar-refractivity contribution in [1.82, 2.24) is 4.57 Å². The van der Waals surface area contributed by atoms with Gasteiger partial charge in [-0.15, -0.1) is 0 Å². The molecule has 2 nitrogen and oxygen atoms in total. The lowest BCUT2D eigenvalue weighted by Crippen LogP contribution is -2.17. The lowest BCUT2D eigenvalue weighted by atomic mass is 10.1. The molecule has 0 saturated heterocycles. The van der Waals surface area contributed by atoms with Crippen LogP contribution in [-0.2, 0) is 0 Å². The van der Waals surface area contributed by atoms with Crippen molar-refractivity contribution in [2.24, 2.45) is 0 Å². The summed E-state index contributed by atoms with van der Waals surface area (Å²) in [7, 11) is 0. The van der Waals surface area contributed by atoms with Gasteiger partial charge in [0.1, 0.15) is 0 Å². The van der Waals surface area contributed by atoms with Gasteiger partial charge in [0.05, 0.1) is 5.52 Å². The van der Waals surface area contributed by atoms with Crippen LogP contribution in [0.1, 0.15) is 31.1 Å². The van der Waals surface area contributed by atoms with Crippen LogP contribution in [0.2, 0.25) is 0 Å². The fourth-order valence-corrected chi connectivity index (χ4v) is 2.27. The second-order valence-corrected chi connectivity index (χ2v) is 4.52. The largest absolute Gasteiger partial charge is 0.342 e. The van der Waals surface area contributed by atoms with E-state index in [0.29, 0.717) is 6.04 Å². The topological polar surface area (TPSA) is 22.0 Å². The number of hydrogen-bond donors (Lipinski definition) is 0. The summed E-state index contributed by atoms with van der Waals surface area (Å²) in [6.07, 6.45) is 0. The number of rotatable bonds is 1. The van der Waals surface area contributed by atoms with Gasteiger partial charge in [0.25, 0.3) is 0 Å². The van der Waals surface area contributed by atoms with Crippen molar-refractivity contribution in [2.75, 3.05) is 0 Å². The molecule has 0 aliphatic carbocycles. The fourth-order valence-electron chi connectivity index (χ4n) is 2.27. The highest BCUT2D eigenvalue weighted by atomic mass is 16.1. The van der Waals surface area contributed by atoms with Crippen molar-refractivity contribution in [1.29, 1.82) is 0 Å². The van der Waals surface area contributed by atoms with Crippen LogP contribution in [0.4, 0.5) is 0 Å². The van der Waals surface area contributed by atoms with Gasteiger partial charge in [-0.2, -0.15) is 0 Å². The molecule has 1 aromatic carbocycles. The van der Waals surface area contributed by atoms with Gasteiger partial charge >= 0.3 is 0 Å². The molecule has 0 aliphatic heterocycles. The molecule has 2 heteroatoms. The van der Waals surface area contributed by atoms with E-state index in [9.17, 15) is 4.79 Å². The second kappa shape index (κ2) is 3.78. The SMILES string of the molecule is Cc1c(C)n(C(C)C)c2ccccc2c1=O. The first-order valence-electron chi connectivity index (χ1n) is 5.64. The highest BCUT2D eigenvalue weighted by Crippen LogP contribution is 2.19. The summed E-state index contributed by atoms with van der Waals surface area (Å²) in [5.41, 5.74) is 3.11. The number of para-hydroxylation sites is 1. The summed E-state index contributed by atoms with van der Waals surface area (Å²) >= 11 is 0. The third-order valence-corrected chi connectivity index (χ3v) is 3.17. The minimum atomic E-state index is 0.157. The summed E-state index contributed by atoms with van der Waals surface area (Å²) in [6, 6.07) is 8.19. The van der Waals surface area contributed by atoms with Gasteiger partial charge in [-0.1, -0.05) is 12.1 Å². The van der Waals surface area contributed by atoms with E-state index in [4.69, 9.17) is 0 Å². The molecule has 0 amide bonds. The zero-order valence-corrected chi connectivity index (χ0v) is 10.2. The first kappa shape index (κ1) is 10.9. The number of aromatic nitrogens is 1. The predicted octanol–water partition coefficient (Wildman–Crippen LogP) is 3.20. The molecule has 0 spiro atoms. The van der Waals surface area contributed by atoms with E-state index < -0.39 is 0 Å². The molecule has 0 fully saturated rings. The van der Waals surface area contributed by atoms with Crippen molar-refractivity contribution < 1.29 is 0 Å². The molecule has 1 heterocycles. The van der Waals surface area contributed by atoms with E-state index in [2.05, 4.69) is 18.4 Å². The first-order valence-corrected chi connectivity index (χ1v) is 5.64. The van der Waals surface area contributed by atoms with Crippen LogP contribution in [0.15, 0.2) is 29.1 Å². The van der Waals surface area contributed by atoms with Crippen LogP contribution in [-0.4, -0.2) is 4.57 Å².